The van der Waals surface area contributed by atoms with Crippen molar-refractivity contribution in [1.82, 2.24) is 0 Å². The summed E-state index contributed by atoms with van der Waals surface area (Å²) in [5.74, 6) is -2.53. The van der Waals surface area contributed by atoms with Crippen LogP contribution in [0.4, 0.5) is 0 Å². The molecule has 0 aromatic rings. The van der Waals surface area contributed by atoms with Crippen LogP contribution in [0.25, 0.3) is 0 Å². The predicted molar refractivity (Wildman–Crippen MR) is 131 cm³/mol. The summed E-state index contributed by atoms with van der Waals surface area (Å²) in [6.07, 6.45) is 2.12. The van der Waals surface area contributed by atoms with Gasteiger partial charge in [-0.3, -0.25) is 23.9 Å². The molecule has 3 aliphatic rings. The standard InChI is InChI=1S/C28H38O8/c1-9-16(4)10-11-27(8)17(5)12-23(31)28-21(13-20(14-22(27)28)35-24(32)15(2)3)25(33-18(6)29)36-26(28)34-19(7)30/h9,13,15,17,20,22,25-26H,1,4,10-12,14H2,2-3,5-8H3/t17?,20-,22?,25-,26+,27?,28?/m0/s1. The summed E-state index contributed by atoms with van der Waals surface area (Å²) in [5.41, 5.74) is -0.550. The smallest absolute Gasteiger partial charge is 0.308 e. The molecule has 2 fully saturated rings. The number of hydrogen-bond acceptors (Lipinski definition) is 8. The molecule has 0 radical (unpaired) electrons. The van der Waals surface area contributed by atoms with Crippen LogP contribution in [0.5, 0.6) is 0 Å². The fourth-order valence-corrected chi connectivity index (χ4v) is 6.03. The molecule has 0 aromatic heterocycles. The van der Waals surface area contributed by atoms with Gasteiger partial charge in [0.05, 0.1) is 5.92 Å². The van der Waals surface area contributed by atoms with Gasteiger partial charge in [0, 0.05) is 25.8 Å². The van der Waals surface area contributed by atoms with Crippen molar-refractivity contribution in [3.8, 4) is 0 Å². The fourth-order valence-electron chi connectivity index (χ4n) is 6.03. The van der Waals surface area contributed by atoms with Crippen LogP contribution in [0.3, 0.4) is 0 Å². The average Bonchev–Trinajstić information content (AvgIpc) is 3.07. The number of esters is 3. The Bertz CT molecular complexity index is 994. The topological polar surface area (TPSA) is 105 Å². The summed E-state index contributed by atoms with van der Waals surface area (Å²) in [7, 11) is 0. The van der Waals surface area contributed by atoms with E-state index in [1.54, 1.807) is 26.0 Å². The number of carbonyl (C=O) groups excluding carboxylic acids is 4. The monoisotopic (exact) mass is 502 g/mol. The van der Waals surface area contributed by atoms with Crippen molar-refractivity contribution in [2.75, 3.05) is 0 Å². The van der Waals surface area contributed by atoms with Crippen LogP contribution in [-0.4, -0.2) is 42.4 Å². The van der Waals surface area contributed by atoms with E-state index in [1.165, 1.54) is 13.8 Å². The summed E-state index contributed by atoms with van der Waals surface area (Å²) in [6, 6.07) is 0. The zero-order chi connectivity index (χ0) is 27.0. The first-order valence-corrected chi connectivity index (χ1v) is 12.5. The summed E-state index contributed by atoms with van der Waals surface area (Å²) < 4.78 is 22.9. The normalized spacial score (nSPS) is 35.2. The van der Waals surface area contributed by atoms with Gasteiger partial charge in [-0.2, -0.15) is 0 Å². The van der Waals surface area contributed by atoms with E-state index in [0.717, 1.165) is 5.57 Å². The van der Waals surface area contributed by atoms with Crippen LogP contribution in [0.15, 0.2) is 36.5 Å². The highest BCUT2D eigenvalue weighted by Gasteiger charge is 2.71. The number of ketones is 1. The Morgan fingerprint density at radius 3 is 2.39 bits per heavy atom. The molecule has 1 saturated heterocycles. The average molecular weight is 503 g/mol. The molecule has 1 aliphatic heterocycles. The molecule has 1 heterocycles. The fraction of sp³-hybridized carbons (Fsp3) is 0.643. The first-order chi connectivity index (χ1) is 16.8. The molecule has 3 rings (SSSR count). The molecule has 36 heavy (non-hydrogen) atoms. The van der Waals surface area contributed by atoms with Crippen LogP contribution < -0.4 is 0 Å². The molecule has 0 amide bonds. The number of carbonyl (C=O) groups is 4. The molecule has 8 nitrogen and oxygen atoms in total. The van der Waals surface area contributed by atoms with Crippen LogP contribution in [0, 0.1) is 28.6 Å². The quantitative estimate of drug-likeness (QED) is 0.208. The van der Waals surface area contributed by atoms with Crippen molar-refractivity contribution < 1.29 is 38.1 Å². The van der Waals surface area contributed by atoms with E-state index in [4.69, 9.17) is 18.9 Å². The molecule has 2 aliphatic carbocycles. The van der Waals surface area contributed by atoms with Crippen LogP contribution in [-0.2, 0) is 38.1 Å². The van der Waals surface area contributed by atoms with Gasteiger partial charge < -0.3 is 14.2 Å². The Morgan fingerprint density at radius 2 is 1.83 bits per heavy atom. The van der Waals surface area contributed by atoms with Gasteiger partial charge in [-0.25, -0.2) is 0 Å². The lowest BCUT2D eigenvalue weighted by Gasteiger charge is -2.57. The SMILES string of the molecule is C=CC(=C)CCC1(C)C(C)CC(=O)C23C(=C[C@H](OC(=O)C(C)C)CC12)[C@@H](OC(C)=O)O[C@H]3OC(C)=O. The van der Waals surface area contributed by atoms with Gasteiger partial charge in [0.1, 0.15) is 17.3 Å². The van der Waals surface area contributed by atoms with Gasteiger partial charge in [0.15, 0.2) is 0 Å². The zero-order valence-electron chi connectivity index (χ0n) is 22.1. The molecule has 7 atom stereocenters. The lowest BCUT2D eigenvalue weighted by molar-refractivity contribution is -0.231. The first kappa shape index (κ1) is 27.8. The van der Waals surface area contributed by atoms with Gasteiger partial charge in [0.2, 0.25) is 12.6 Å². The molecule has 0 aromatic carbocycles. The molecule has 198 valence electrons. The molecule has 1 saturated carbocycles. The molecular weight excluding hydrogens is 464 g/mol. The Hall–Kier alpha value is -2.74. The maximum absolute atomic E-state index is 14.0. The van der Waals surface area contributed by atoms with Gasteiger partial charge in [0.25, 0.3) is 0 Å². The Labute approximate surface area is 213 Å². The summed E-state index contributed by atoms with van der Waals surface area (Å²) in [6.45, 7) is 18.0. The van der Waals surface area contributed by atoms with E-state index in [9.17, 15) is 19.2 Å². The number of rotatable bonds is 8. The van der Waals surface area contributed by atoms with Crippen LogP contribution in [0.1, 0.15) is 67.2 Å². The van der Waals surface area contributed by atoms with Crippen molar-refractivity contribution in [3.63, 3.8) is 0 Å². The highest BCUT2D eigenvalue weighted by molar-refractivity contribution is 5.92. The second-order valence-electron chi connectivity index (χ2n) is 10.8. The molecular formula is C28H38O8. The Balaban J connectivity index is 2.21. The van der Waals surface area contributed by atoms with E-state index in [-0.39, 0.29) is 30.0 Å². The molecule has 0 bridgehead atoms. The third kappa shape index (κ3) is 4.80. The van der Waals surface area contributed by atoms with Crippen LogP contribution >= 0.6 is 0 Å². The van der Waals surface area contributed by atoms with Crippen LogP contribution in [0.2, 0.25) is 0 Å². The highest BCUT2D eigenvalue weighted by Crippen LogP contribution is 2.66. The van der Waals surface area contributed by atoms with Crippen molar-refractivity contribution >= 4 is 23.7 Å². The maximum Gasteiger partial charge on any atom is 0.308 e. The zero-order valence-corrected chi connectivity index (χ0v) is 22.1. The molecule has 8 heteroatoms. The van der Waals surface area contributed by atoms with Crippen molar-refractivity contribution in [3.05, 3.63) is 36.5 Å². The molecule has 4 unspecified atom stereocenters. The lowest BCUT2D eigenvalue weighted by Crippen LogP contribution is -2.61. The predicted octanol–water partition coefficient (Wildman–Crippen LogP) is 4.43. The summed E-state index contributed by atoms with van der Waals surface area (Å²) in [4.78, 5) is 50.6. The van der Waals surface area contributed by atoms with Crippen molar-refractivity contribution in [2.24, 2.45) is 28.6 Å². The summed E-state index contributed by atoms with van der Waals surface area (Å²) >= 11 is 0. The molecule has 0 N–H and O–H groups in total. The number of Topliss-reactive ketones (excluding diaryl/α,β-unsaturated/α-hetero) is 1. The van der Waals surface area contributed by atoms with Gasteiger partial charge in [-0.1, -0.05) is 52.5 Å². The van der Waals surface area contributed by atoms with Gasteiger partial charge >= 0.3 is 17.9 Å². The molecule has 1 spiro atoms. The van der Waals surface area contributed by atoms with Crippen molar-refractivity contribution in [2.45, 2.75) is 85.9 Å². The minimum atomic E-state index is -1.36. The number of ether oxygens (including phenoxy) is 4. The van der Waals surface area contributed by atoms with Crippen molar-refractivity contribution in [1.29, 1.82) is 0 Å². The first-order valence-electron chi connectivity index (χ1n) is 12.5. The second-order valence-corrected chi connectivity index (χ2v) is 10.8. The van der Waals surface area contributed by atoms with E-state index in [1.807, 2.05) is 6.92 Å². The summed E-state index contributed by atoms with van der Waals surface area (Å²) in [5, 5.41) is 0. The van der Waals surface area contributed by atoms with Gasteiger partial charge in [-0.05, 0) is 42.6 Å². The minimum Gasteiger partial charge on any atom is -0.458 e. The number of allylic oxidation sites excluding steroid dienone is 2. The third-order valence-electron chi connectivity index (χ3n) is 8.17. The highest BCUT2D eigenvalue weighted by atomic mass is 16.8. The van der Waals surface area contributed by atoms with E-state index in [2.05, 4.69) is 20.1 Å². The van der Waals surface area contributed by atoms with Gasteiger partial charge in [-0.15, -0.1) is 0 Å². The largest absolute Gasteiger partial charge is 0.458 e. The Kier molecular flexibility index (Phi) is 7.98. The number of hydrogen-bond donors (Lipinski definition) is 0. The Morgan fingerprint density at radius 1 is 1.19 bits per heavy atom. The minimum absolute atomic E-state index is 0.0233. The third-order valence-corrected chi connectivity index (χ3v) is 8.17. The van der Waals surface area contributed by atoms with E-state index in [0.29, 0.717) is 24.8 Å². The van der Waals surface area contributed by atoms with E-state index < -0.39 is 47.4 Å². The maximum atomic E-state index is 14.0. The lowest BCUT2D eigenvalue weighted by atomic mass is 9.45. The van der Waals surface area contributed by atoms with E-state index >= 15 is 0 Å². The second kappa shape index (κ2) is 10.3.